The molecule has 3 aromatic rings. The second-order valence-corrected chi connectivity index (χ2v) is 6.37. The lowest BCUT2D eigenvalue weighted by Crippen LogP contribution is -2.31. The normalized spacial score (nSPS) is 12.0. The summed E-state index contributed by atoms with van der Waals surface area (Å²) < 4.78 is 3.40. The van der Waals surface area contributed by atoms with Crippen LogP contribution < -0.4 is 5.32 Å². The SMILES string of the molecule is Cc1nn([C@@H](C)C(=O)NCc2ccc(-n3cccc3)cc2)c(C)c1[N+](=O)[O-]. The van der Waals surface area contributed by atoms with E-state index in [0.29, 0.717) is 17.9 Å². The molecule has 3 rings (SSSR count). The van der Waals surface area contributed by atoms with Crippen molar-refractivity contribution in [2.75, 3.05) is 0 Å². The number of nitro groups is 1. The first-order chi connectivity index (χ1) is 12.9. The zero-order chi connectivity index (χ0) is 19.6. The van der Waals surface area contributed by atoms with E-state index in [9.17, 15) is 14.9 Å². The highest BCUT2D eigenvalue weighted by molar-refractivity contribution is 5.80. The summed E-state index contributed by atoms with van der Waals surface area (Å²) in [6.07, 6.45) is 3.93. The summed E-state index contributed by atoms with van der Waals surface area (Å²) in [7, 11) is 0. The van der Waals surface area contributed by atoms with Crippen molar-refractivity contribution >= 4 is 11.6 Å². The van der Waals surface area contributed by atoms with E-state index >= 15 is 0 Å². The third-order valence-electron chi connectivity index (χ3n) is 4.52. The number of rotatable bonds is 6. The van der Waals surface area contributed by atoms with E-state index in [1.807, 2.05) is 53.4 Å². The van der Waals surface area contributed by atoms with Crippen LogP contribution in [0.4, 0.5) is 5.69 Å². The van der Waals surface area contributed by atoms with Gasteiger partial charge in [-0.15, -0.1) is 0 Å². The van der Waals surface area contributed by atoms with Gasteiger partial charge in [0.2, 0.25) is 5.91 Å². The maximum Gasteiger partial charge on any atom is 0.312 e. The number of carbonyl (C=O) groups is 1. The maximum atomic E-state index is 12.5. The minimum absolute atomic E-state index is 0.0461. The van der Waals surface area contributed by atoms with Gasteiger partial charge in [-0.3, -0.25) is 19.6 Å². The molecule has 0 aliphatic rings. The van der Waals surface area contributed by atoms with Gasteiger partial charge < -0.3 is 9.88 Å². The highest BCUT2D eigenvalue weighted by Crippen LogP contribution is 2.24. The van der Waals surface area contributed by atoms with Crippen molar-refractivity contribution in [3.05, 3.63) is 75.9 Å². The summed E-state index contributed by atoms with van der Waals surface area (Å²) in [5.74, 6) is -0.245. The Morgan fingerprint density at radius 3 is 2.41 bits per heavy atom. The minimum Gasteiger partial charge on any atom is -0.350 e. The first-order valence-electron chi connectivity index (χ1n) is 8.58. The molecule has 0 fully saturated rings. The van der Waals surface area contributed by atoms with Crippen LogP contribution in [0.15, 0.2) is 48.8 Å². The molecule has 0 aliphatic heterocycles. The van der Waals surface area contributed by atoms with Gasteiger partial charge in [-0.2, -0.15) is 5.10 Å². The quantitative estimate of drug-likeness (QED) is 0.535. The number of nitrogens with one attached hydrogen (secondary N) is 1. The van der Waals surface area contributed by atoms with Crippen LogP contribution in [0.1, 0.15) is 29.9 Å². The van der Waals surface area contributed by atoms with Gasteiger partial charge in [-0.05, 0) is 50.6 Å². The number of hydrogen-bond acceptors (Lipinski definition) is 4. The van der Waals surface area contributed by atoms with E-state index in [4.69, 9.17) is 0 Å². The van der Waals surface area contributed by atoms with Crippen molar-refractivity contribution in [2.45, 2.75) is 33.4 Å². The Kier molecular flexibility index (Phi) is 5.07. The third-order valence-corrected chi connectivity index (χ3v) is 4.52. The molecule has 0 saturated heterocycles. The number of nitrogens with zero attached hydrogens (tertiary/aromatic N) is 4. The van der Waals surface area contributed by atoms with Crippen LogP contribution in [0.25, 0.3) is 5.69 Å². The molecule has 1 atom stereocenters. The van der Waals surface area contributed by atoms with Crippen LogP contribution in [0.5, 0.6) is 0 Å². The molecular weight excluding hydrogens is 346 g/mol. The Morgan fingerprint density at radius 2 is 1.85 bits per heavy atom. The summed E-state index contributed by atoms with van der Waals surface area (Å²) in [6, 6.07) is 11.1. The molecule has 0 bridgehead atoms. The molecule has 2 heterocycles. The Hall–Kier alpha value is -3.42. The molecule has 1 N–H and O–H groups in total. The lowest BCUT2D eigenvalue weighted by molar-refractivity contribution is -0.386. The van der Waals surface area contributed by atoms with E-state index in [1.165, 1.54) is 4.68 Å². The second-order valence-electron chi connectivity index (χ2n) is 6.37. The predicted octanol–water partition coefficient (Wildman–Crippen LogP) is 3.08. The Labute approximate surface area is 156 Å². The Balaban J connectivity index is 1.65. The molecule has 1 aromatic carbocycles. The van der Waals surface area contributed by atoms with Gasteiger partial charge in [-0.1, -0.05) is 12.1 Å². The number of benzene rings is 1. The van der Waals surface area contributed by atoms with E-state index in [0.717, 1.165) is 11.3 Å². The van der Waals surface area contributed by atoms with Crippen molar-refractivity contribution in [1.29, 1.82) is 0 Å². The average molecular weight is 367 g/mol. The fraction of sp³-hybridized carbons (Fsp3) is 0.263. The standard InChI is InChI=1S/C19H21N5O3/c1-13-18(24(26)27)14(2)23(21-13)15(3)19(25)20-12-16-6-8-17(9-7-16)22-10-4-5-11-22/h4-11,15H,12H2,1-3H3,(H,20,25)/t15-/m0/s1. The topological polar surface area (TPSA) is 95.0 Å². The van der Waals surface area contributed by atoms with Gasteiger partial charge >= 0.3 is 5.69 Å². The van der Waals surface area contributed by atoms with Crippen LogP contribution >= 0.6 is 0 Å². The molecule has 0 spiro atoms. The van der Waals surface area contributed by atoms with Gasteiger partial charge in [0.05, 0.1) is 4.92 Å². The van der Waals surface area contributed by atoms with Crippen molar-refractivity contribution < 1.29 is 9.72 Å². The average Bonchev–Trinajstić information content (AvgIpc) is 3.27. The summed E-state index contributed by atoms with van der Waals surface area (Å²) >= 11 is 0. The minimum atomic E-state index is -0.642. The fourth-order valence-corrected chi connectivity index (χ4v) is 3.04. The predicted molar refractivity (Wildman–Crippen MR) is 101 cm³/mol. The van der Waals surface area contributed by atoms with Gasteiger partial charge in [0.25, 0.3) is 0 Å². The van der Waals surface area contributed by atoms with E-state index in [1.54, 1.807) is 20.8 Å². The fourth-order valence-electron chi connectivity index (χ4n) is 3.04. The molecule has 0 aliphatic carbocycles. The monoisotopic (exact) mass is 367 g/mol. The van der Waals surface area contributed by atoms with Crippen LogP contribution in [-0.2, 0) is 11.3 Å². The number of carbonyl (C=O) groups excluding carboxylic acids is 1. The van der Waals surface area contributed by atoms with Crippen molar-refractivity contribution in [1.82, 2.24) is 19.7 Å². The number of aromatic nitrogens is 3. The largest absolute Gasteiger partial charge is 0.350 e. The summed E-state index contributed by atoms with van der Waals surface area (Å²) in [5.41, 5.74) is 2.63. The maximum absolute atomic E-state index is 12.5. The smallest absolute Gasteiger partial charge is 0.312 e. The molecular formula is C19H21N5O3. The first kappa shape index (κ1) is 18.4. The van der Waals surface area contributed by atoms with Crippen molar-refractivity contribution in [3.8, 4) is 5.69 Å². The Morgan fingerprint density at radius 1 is 1.22 bits per heavy atom. The molecule has 0 radical (unpaired) electrons. The zero-order valence-electron chi connectivity index (χ0n) is 15.4. The van der Waals surface area contributed by atoms with Gasteiger partial charge in [0.15, 0.2) is 0 Å². The summed E-state index contributed by atoms with van der Waals surface area (Å²) in [5, 5.41) is 18.1. The van der Waals surface area contributed by atoms with Gasteiger partial charge in [0.1, 0.15) is 17.4 Å². The van der Waals surface area contributed by atoms with E-state index in [-0.39, 0.29) is 11.6 Å². The lowest BCUT2D eigenvalue weighted by Gasteiger charge is -2.14. The molecule has 27 heavy (non-hydrogen) atoms. The number of amides is 1. The molecule has 0 saturated carbocycles. The molecule has 8 heteroatoms. The number of hydrogen-bond donors (Lipinski definition) is 1. The molecule has 1 amide bonds. The highest BCUT2D eigenvalue weighted by atomic mass is 16.6. The molecule has 0 unspecified atom stereocenters. The van der Waals surface area contributed by atoms with E-state index in [2.05, 4.69) is 10.4 Å². The lowest BCUT2D eigenvalue weighted by atomic mass is 10.2. The van der Waals surface area contributed by atoms with Crippen LogP contribution in [0, 0.1) is 24.0 Å². The summed E-state index contributed by atoms with van der Waals surface area (Å²) in [4.78, 5) is 23.1. The van der Waals surface area contributed by atoms with Gasteiger partial charge in [0, 0.05) is 24.6 Å². The van der Waals surface area contributed by atoms with Crippen molar-refractivity contribution in [2.24, 2.45) is 0 Å². The first-order valence-corrected chi connectivity index (χ1v) is 8.58. The van der Waals surface area contributed by atoms with Crippen LogP contribution in [-0.4, -0.2) is 25.2 Å². The van der Waals surface area contributed by atoms with Crippen LogP contribution in [0.2, 0.25) is 0 Å². The van der Waals surface area contributed by atoms with Crippen LogP contribution in [0.3, 0.4) is 0 Å². The Bertz CT molecular complexity index is 958. The van der Waals surface area contributed by atoms with Crippen molar-refractivity contribution in [3.63, 3.8) is 0 Å². The molecule has 140 valence electrons. The summed E-state index contributed by atoms with van der Waals surface area (Å²) in [6.45, 7) is 5.21. The molecule has 2 aromatic heterocycles. The zero-order valence-corrected chi connectivity index (χ0v) is 15.4. The second kappa shape index (κ2) is 7.45. The highest BCUT2D eigenvalue weighted by Gasteiger charge is 2.26. The van der Waals surface area contributed by atoms with Gasteiger partial charge in [-0.25, -0.2) is 0 Å². The molecule has 8 nitrogen and oxygen atoms in total. The third kappa shape index (κ3) is 3.74. The number of aryl methyl sites for hydroxylation is 1. The van der Waals surface area contributed by atoms with E-state index < -0.39 is 11.0 Å².